The predicted octanol–water partition coefficient (Wildman–Crippen LogP) is 3.21. The average molecular weight is 495 g/mol. The molecule has 1 aliphatic rings. The van der Waals surface area contributed by atoms with E-state index in [-0.39, 0.29) is 23.8 Å². The number of rotatable bonds is 7. The first-order chi connectivity index (χ1) is 17.0. The molecule has 0 aromatic carbocycles. The lowest BCUT2D eigenvalue weighted by Gasteiger charge is -2.38. The van der Waals surface area contributed by atoms with Crippen molar-refractivity contribution in [3.8, 4) is 17.5 Å². The molecule has 4 rings (SSSR count). The highest BCUT2D eigenvalue weighted by atomic mass is 19.1. The van der Waals surface area contributed by atoms with Crippen molar-refractivity contribution in [3.05, 3.63) is 47.8 Å². The monoisotopic (exact) mass is 494 g/mol. The summed E-state index contributed by atoms with van der Waals surface area (Å²) in [6.07, 6.45) is 3.65. The molecule has 4 N–H and O–H groups in total. The van der Waals surface area contributed by atoms with Crippen LogP contribution in [0.15, 0.2) is 36.7 Å². The van der Waals surface area contributed by atoms with E-state index < -0.39 is 17.7 Å². The van der Waals surface area contributed by atoms with Crippen LogP contribution in [0.4, 0.5) is 10.1 Å². The Bertz CT molecular complexity index is 1300. The number of aliphatic hydroxyl groups is 2. The fourth-order valence-corrected chi connectivity index (χ4v) is 4.35. The topological polar surface area (TPSA) is 136 Å². The Labute approximate surface area is 209 Å². The molecule has 3 aromatic rings. The van der Waals surface area contributed by atoms with Gasteiger partial charge in [-0.1, -0.05) is 0 Å². The van der Waals surface area contributed by atoms with Crippen molar-refractivity contribution in [2.45, 2.75) is 69.9 Å². The fraction of sp³-hybridized carbons (Fsp3) is 0.462. The van der Waals surface area contributed by atoms with E-state index in [1.807, 2.05) is 19.1 Å². The molecule has 36 heavy (non-hydrogen) atoms. The second kappa shape index (κ2) is 9.84. The summed E-state index contributed by atoms with van der Waals surface area (Å²) in [4.78, 5) is 17.5. The number of fused-ring (bicyclic) bond motifs is 1. The number of halogens is 1. The molecule has 1 unspecified atom stereocenters. The van der Waals surface area contributed by atoms with E-state index in [1.54, 1.807) is 16.6 Å². The molecule has 0 spiro atoms. The second-order valence-corrected chi connectivity index (χ2v) is 10.3. The molecule has 1 saturated carbocycles. The van der Waals surface area contributed by atoms with Gasteiger partial charge in [-0.05, 0) is 70.7 Å². The molecule has 1 aliphatic carbocycles. The minimum atomic E-state index is -1.64. The van der Waals surface area contributed by atoms with E-state index in [2.05, 4.69) is 26.8 Å². The van der Waals surface area contributed by atoms with Gasteiger partial charge in [0.2, 0.25) is 0 Å². The van der Waals surface area contributed by atoms with Crippen LogP contribution >= 0.6 is 0 Å². The van der Waals surface area contributed by atoms with Gasteiger partial charge in [0.15, 0.2) is 0 Å². The van der Waals surface area contributed by atoms with Gasteiger partial charge in [0.05, 0.1) is 58.2 Å². The number of carbonyl (C=O) groups is 1. The van der Waals surface area contributed by atoms with Gasteiger partial charge in [-0.2, -0.15) is 10.4 Å². The zero-order valence-corrected chi connectivity index (χ0v) is 20.6. The quantitative estimate of drug-likeness (QED) is 0.396. The Hall–Kier alpha value is -3.55. The van der Waals surface area contributed by atoms with Gasteiger partial charge in [0.25, 0.3) is 5.91 Å². The summed E-state index contributed by atoms with van der Waals surface area (Å²) in [6, 6.07) is 9.23. The second-order valence-electron chi connectivity index (χ2n) is 10.3. The predicted molar refractivity (Wildman–Crippen MR) is 133 cm³/mol. The standard InChI is InChI=1S/C26H31FN6O3/c1-25(2,36)23(27)15-30-24(35)19-14-29-21(11-20(19)32-26(3)8-6-18(34)7-9-26)22-5-4-17-10-16(12-28)13-31-33(17)22/h4-5,10-11,13-14,18,23,34,36H,6-9,15H2,1-3H3,(H,29,32)(H,30,35). The molecule has 1 atom stereocenters. The van der Waals surface area contributed by atoms with Crippen LogP contribution in [-0.2, 0) is 0 Å². The van der Waals surface area contributed by atoms with Crippen molar-refractivity contribution in [1.29, 1.82) is 5.26 Å². The van der Waals surface area contributed by atoms with Crippen LogP contribution in [0, 0.1) is 11.3 Å². The molecule has 0 saturated heterocycles. The van der Waals surface area contributed by atoms with Crippen LogP contribution in [0.3, 0.4) is 0 Å². The van der Waals surface area contributed by atoms with Crippen molar-refractivity contribution in [3.63, 3.8) is 0 Å². The third-order valence-corrected chi connectivity index (χ3v) is 6.74. The molecular weight excluding hydrogens is 463 g/mol. The lowest BCUT2D eigenvalue weighted by atomic mass is 9.81. The summed E-state index contributed by atoms with van der Waals surface area (Å²) in [5.41, 5.74) is 1.25. The largest absolute Gasteiger partial charge is 0.393 e. The molecule has 0 aliphatic heterocycles. The van der Waals surface area contributed by atoms with Gasteiger partial charge < -0.3 is 20.8 Å². The van der Waals surface area contributed by atoms with Crippen molar-refractivity contribution >= 4 is 17.1 Å². The van der Waals surface area contributed by atoms with Gasteiger partial charge in [0, 0.05) is 11.7 Å². The highest BCUT2D eigenvalue weighted by molar-refractivity contribution is 6.00. The van der Waals surface area contributed by atoms with Crippen molar-refractivity contribution in [2.24, 2.45) is 0 Å². The number of aromatic nitrogens is 3. The molecular formula is C26H31FN6O3. The van der Waals surface area contributed by atoms with E-state index in [1.165, 1.54) is 26.2 Å². The number of nitriles is 1. The highest BCUT2D eigenvalue weighted by Gasteiger charge is 2.32. The first-order valence-electron chi connectivity index (χ1n) is 12.0. The number of carbonyl (C=O) groups excluding carboxylic acids is 1. The van der Waals surface area contributed by atoms with E-state index in [0.29, 0.717) is 48.3 Å². The molecule has 1 fully saturated rings. The SMILES string of the molecule is CC1(Nc2cc(-c3ccc4cc(C#N)cnn34)ncc2C(=O)NCC(F)C(C)(C)O)CCC(O)CC1. The smallest absolute Gasteiger partial charge is 0.255 e. The van der Waals surface area contributed by atoms with E-state index >= 15 is 0 Å². The molecule has 0 radical (unpaired) electrons. The van der Waals surface area contributed by atoms with Crippen LogP contribution in [-0.4, -0.2) is 60.7 Å². The zero-order chi connectivity index (χ0) is 26.1. The molecule has 1 amide bonds. The first kappa shape index (κ1) is 25.5. The number of amides is 1. The summed E-state index contributed by atoms with van der Waals surface area (Å²) in [7, 11) is 0. The Morgan fingerprint density at radius 3 is 2.72 bits per heavy atom. The van der Waals surface area contributed by atoms with Gasteiger partial charge in [-0.15, -0.1) is 0 Å². The molecule has 10 heteroatoms. The van der Waals surface area contributed by atoms with E-state index in [0.717, 1.165) is 5.52 Å². The van der Waals surface area contributed by atoms with Gasteiger partial charge >= 0.3 is 0 Å². The Morgan fingerprint density at radius 2 is 2.06 bits per heavy atom. The number of hydrogen-bond donors (Lipinski definition) is 4. The Morgan fingerprint density at radius 1 is 1.33 bits per heavy atom. The first-order valence-corrected chi connectivity index (χ1v) is 12.0. The summed E-state index contributed by atoms with van der Waals surface area (Å²) < 4.78 is 15.9. The number of alkyl halides is 1. The lowest BCUT2D eigenvalue weighted by Crippen LogP contribution is -2.43. The van der Waals surface area contributed by atoms with Crippen LogP contribution in [0.5, 0.6) is 0 Å². The number of anilines is 1. The third kappa shape index (κ3) is 5.48. The minimum Gasteiger partial charge on any atom is -0.393 e. The van der Waals surface area contributed by atoms with Crippen LogP contribution < -0.4 is 10.6 Å². The Balaban J connectivity index is 1.69. The van der Waals surface area contributed by atoms with Crippen molar-refractivity contribution in [1.82, 2.24) is 19.9 Å². The number of nitrogens with zero attached hydrogens (tertiary/aromatic N) is 4. The number of hydrogen-bond acceptors (Lipinski definition) is 7. The molecule has 190 valence electrons. The number of pyridine rings is 1. The molecule has 3 heterocycles. The maximum absolute atomic E-state index is 14.3. The third-order valence-electron chi connectivity index (χ3n) is 6.74. The summed E-state index contributed by atoms with van der Waals surface area (Å²) in [6.45, 7) is 4.40. The number of aliphatic hydroxyl groups excluding tert-OH is 1. The van der Waals surface area contributed by atoms with Crippen LogP contribution in [0.25, 0.3) is 16.9 Å². The summed E-state index contributed by atoms with van der Waals surface area (Å²) >= 11 is 0. The van der Waals surface area contributed by atoms with Crippen molar-refractivity contribution < 1.29 is 19.4 Å². The highest BCUT2D eigenvalue weighted by Crippen LogP contribution is 2.34. The van der Waals surface area contributed by atoms with Crippen LogP contribution in [0.1, 0.15) is 62.4 Å². The van der Waals surface area contributed by atoms with Gasteiger partial charge in [-0.25, -0.2) is 8.91 Å². The molecule has 0 bridgehead atoms. The van der Waals surface area contributed by atoms with Gasteiger partial charge in [0.1, 0.15) is 12.2 Å². The maximum atomic E-state index is 14.3. The fourth-order valence-electron chi connectivity index (χ4n) is 4.35. The molecule has 9 nitrogen and oxygen atoms in total. The lowest BCUT2D eigenvalue weighted by molar-refractivity contribution is -0.00177. The van der Waals surface area contributed by atoms with Crippen molar-refractivity contribution in [2.75, 3.05) is 11.9 Å². The van der Waals surface area contributed by atoms with E-state index in [9.17, 15) is 19.4 Å². The summed E-state index contributed by atoms with van der Waals surface area (Å²) in [5.74, 6) is -0.514. The zero-order valence-electron chi connectivity index (χ0n) is 20.6. The Kier molecular flexibility index (Phi) is 6.98. The van der Waals surface area contributed by atoms with Crippen LogP contribution in [0.2, 0.25) is 0 Å². The summed E-state index contributed by atoms with van der Waals surface area (Å²) in [5, 5.41) is 39.4. The number of nitrogens with one attached hydrogen (secondary N) is 2. The van der Waals surface area contributed by atoms with Gasteiger partial charge in [-0.3, -0.25) is 9.78 Å². The minimum absolute atomic E-state index is 0.245. The average Bonchev–Trinajstić information content (AvgIpc) is 3.27. The maximum Gasteiger partial charge on any atom is 0.255 e. The normalized spacial score (nSPS) is 21.1. The van der Waals surface area contributed by atoms with E-state index in [4.69, 9.17) is 5.26 Å². The molecule has 3 aromatic heterocycles.